The average Bonchev–Trinajstić information content (AvgIpc) is 3.21. The second-order valence-electron chi connectivity index (χ2n) is 6.15. The lowest BCUT2D eigenvalue weighted by Gasteiger charge is -2.16. The molecule has 0 unspecified atom stereocenters. The van der Waals surface area contributed by atoms with Crippen molar-refractivity contribution < 1.29 is 13.6 Å². The van der Waals surface area contributed by atoms with Crippen molar-refractivity contribution in [2.24, 2.45) is 11.8 Å². The summed E-state index contributed by atoms with van der Waals surface area (Å²) in [5.41, 5.74) is 0.701. The molecule has 0 aliphatic carbocycles. The molecule has 2 saturated heterocycles. The Kier molecular flexibility index (Phi) is 5.96. The van der Waals surface area contributed by atoms with Gasteiger partial charge in [-0.3, -0.25) is 4.79 Å². The summed E-state index contributed by atoms with van der Waals surface area (Å²) in [6.45, 7) is 5.61. The maximum absolute atomic E-state index is 12.5. The molecule has 0 radical (unpaired) electrons. The van der Waals surface area contributed by atoms with Gasteiger partial charge < -0.3 is 19.1 Å². The Morgan fingerprint density at radius 1 is 1.33 bits per heavy atom. The summed E-state index contributed by atoms with van der Waals surface area (Å²) in [7, 11) is 0. The van der Waals surface area contributed by atoms with Crippen LogP contribution in [0.4, 0.5) is 0 Å². The fourth-order valence-electron chi connectivity index (χ4n) is 3.41. The van der Waals surface area contributed by atoms with Crippen LogP contribution < -0.4 is 5.32 Å². The number of carbonyl (C=O) groups excluding carboxylic acids is 1. The van der Waals surface area contributed by atoms with Crippen LogP contribution in [0.2, 0.25) is 0 Å². The minimum absolute atomic E-state index is 0. The third-order valence-electron chi connectivity index (χ3n) is 4.69. The monoisotopic (exact) mass is 373 g/mol. The number of aromatic nitrogens is 1. The Labute approximate surface area is 152 Å². The zero-order chi connectivity index (χ0) is 15.1. The van der Waals surface area contributed by atoms with Gasteiger partial charge in [-0.25, -0.2) is 4.98 Å². The molecular weight excluding hydrogens is 353 g/mol. The van der Waals surface area contributed by atoms with Crippen LogP contribution in [0.25, 0.3) is 11.7 Å². The predicted octanol–water partition coefficient (Wildman–Crippen LogP) is 2.31. The van der Waals surface area contributed by atoms with E-state index in [1.54, 1.807) is 18.4 Å². The summed E-state index contributed by atoms with van der Waals surface area (Å²) in [6, 6.07) is 3.59. The maximum atomic E-state index is 12.5. The van der Waals surface area contributed by atoms with E-state index in [2.05, 4.69) is 10.3 Å². The Morgan fingerprint density at radius 3 is 2.67 bits per heavy atom. The molecule has 2 aliphatic rings. The summed E-state index contributed by atoms with van der Waals surface area (Å²) >= 11 is 0. The molecule has 2 atom stereocenters. The fourth-order valence-corrected chi connectivity index (χ4v) is 3.41. The smallest absolute Gasteiger partial charge is 0.263 e. The van der Waals surface area contributed by atoms with Crippen LogP contribution in [0, 0.1) is 18.8 Å². The molecule has 2 aliphatic heterocycles. The van der Waals surface area contributed by atoms with E-state index in [-0.39, 0.29) is 30.7 Å². The van der Waals surface area contributed by atoms with Crippen LogP contribution in [0.5, 0.6) is 0 Å². The van der Waals surface area contributed by atoms with Crippen molar-refractivity contribution in [2.45, 2.75) is 13.3 Å². The molecule has 2 aromatic heterocycles. The molecule has 0 saturated carbocycles. The standard InChI is InChI=1S/C16H19N3O3.2ClH/c1-10-13(18-16(22-10)14-3-2-4-21-14)5-15(20)19-8-11-6-17-7-12(11)9-19;;/h2-4,11-12,17H,5-9H2,1H3;2*1H/t11-,12+;;. The van der Waals surface area contributed by atoms with Crippen LogP contribution in [0.3, 0.4) is 0 Å². The number of halogens is 2. The van der Waals surface area contributed by atoms with Crippen LogP contribution in [0.15, 0.2) is 27.2 Å². The molecule has 4 heterocycles. The number of nitrogens with one attached hydrogen (secondary N) is 1. The number of amides is 1. The number of likely N-dealkylation sites (tertiary alicyclic amines) is 1. The normalized spacial score (nSPS) is 22.0. The van der Waals surface area contributed by atoms with E-state index in [1.807, 2.05) is 11.8 Å². The van der Waals surface area contributed by atoms with E-state index >= 15 is 0 Å². The third kappa shape index (κ3) is 3.45. The van der Waals surface area contributed by atoms with Gasteiger partial charge in [-0.1, -0.05) is 0 Å². The summed E-state index contributed by atoms with van der Waals surface area (Å²) in [5.74, 6) is 3.07. The van der Waals surface area contributed by atoms with Gasteiger partial charge in [0.2, 0.25) is 5.91 Å². The van der Waals surface area contributed by atoms with Crippen molar-refractivity contribution in [2.75, 3.05) is 26.2 Å². The summed E-state index contributed by atoms with van der Waals surface area (Å²) in [4.78, 5) is 18.9. The molecule has 4 rings (SSSR count). The lowest BCUT2D eigenvalue weighted by Crippen LogP contribution is -2.33. The Hall–Kier alpha value is -1.50. The van der Waals surface area contributed by atoms with Crippen LogP contribution in [0.1, 0.15) is 11.5 Å². The minimum Gasteiger partial charge on any atom is -0.459 e. The lowest BCUT2D eigenvalue weighted by atomic mass is 10.0. The van der Waals surface area contributed by atoms with E-state index in [1.165, 1.54) is 0 Å². The molecule has 8 heteroatoms. The minimum atomic E-state index is 0. The number of aryl methyl sites for hydroxylation is 1. The molecule has 132 valence electrons. The Bertz CT molecular complexity index is 675. The number of hydrogen-bond acceptors (Lipinski definition) is 5. The number of hydrogen-bond donors (Lipinski definition) is 1. The SMILES string of the molecule is Cc1oc(-c2ccco2)nc1CC(=O)N1C[C@H]2CNC[C@H]2C1.Cl.Cl. The summed E-state index contributed by atoms with van der Waals surface area (Å²) < 4.78 is 10.9. The van der Waals surface area contributed by atoms with Crippen molar-refractivity contribution in [1.29, 1.82) is 0 Å². The topological polar surface area (TPSA) is 71.5 Å². The molecule has 0 aromatic carbocycles. The number of fused-ring (bicyclic) bond motifs is 1. The molecule has 24 heavy (non-hydrogen) atoms. The third-order valence-corrected chi connectivity index (χ3v) is 4.69. The highest BCUT2D eigenvalue weighted by Gasteiger charge is 2.38. The number of oxazole rings is 1. The average molecular weight is 374 g/mol. The first-order valence-corrected chi connectivity index (χ1v) is 7.69. The van der Waals surface area contributed by atoms with Gasteiger partial charge in [0.05, 0.1) is 18.4 Å². The zero-order valence-corrected chi connectivity index (χ0v) is 15.0. The van der Waals surface area contributed by atoms with E-state index in [0.29, 0.717) is 41.4 Å². The van der Waals surface area contributed by atoms with Gasteiger partial charge in [0, 0.05) is 26.2 Å². The fraction of sp³-hybridized carbons (Fsp3) is 0.500. The second kappa shape index (κ2) is 7.59. The van der Waals surface area contributed by atoms with Crippen molar-refractivity contribution >= 4 is 30.7 Å². The van der Waals surface area contributed by atoms with Gasteiger partial charge in [0.25, 0.3) is 5.89 Å². The highest BCUT2D eigenvalue weighted by atomic mass is 35.5. The van der Waals surface area contributed by atoms with Crippen LogP contribution in [-0.4, -0.2) is 42.0 Å². The van der Waals surface area contributed by atoms with Gasteiger partial charge in [-0.05, 0) is 30.9 Å². The molecular formula is C16H21Cl2N3O3. The van der Waals surface area contributed by atoms with Gasteiger partial charge in [0.15, 0.2) is 5.76 Å². The van der Waals surface area contributed by atoms with Crippen molar-refractivity contribution in [3.05, 3.63) is 29.9 Å². The Balaban J connectivity index is 0.00000104. The highest BCUT2D eigenvalue weighted by Crippen LogP contribution is 2.27. The molecule has 2 aromatic rings. The molecule has 1 amide bonds. The van der Waals surface area contributed by atoms with Gasteiger partial charge >= 0.3 is 0 Å². The maximum Gasteiger partial charge on any atom is 0.263 e. The van der Waals surface area contributed by atoms with Crippen molar-refractivity contribution in [3.63, 3.8) is 0 Å². The zero-order valence-electron chi connectivity index (χ0n) is 13.4. The van der Waals surface area contributed by atoms with Crippen LogP contribution >= 0.6 is 24.8 Å². The number of carbonyl (C=O) groups is 1. The summed E-state index contributed by atoms with van der Waals surface area (Å²) in [5, 5.41) is 3.39. The van der Waals surface area contributed by atoms with Crippen LogP contribution in [-0.2, 0) is 11.2 Å². The van der Waals surface area contributed by atoms with Crippen molar-refractivity contribution in [3.8, 4) is 11.7 Å². The first-order valence-electron chi connectivity index (χ1n) is 7.69. The van der Waals surface area contributed by atoms with Gasteiger partial charge in [-0.15, -0.1) is 24.8 Å². The second-order valence-corrected chi connectivity index (χ2v) is 6.15. The molecule has 6 nitrogen and oxygen atoms in total. The van der Waals surface area contributed by atoms with E-state index in [4.69, 9.17) is 8.83 Å². The lowest BCUT2D eigenvalue weighted by molar-refractivity contribution is -0.129. The quantitative estimate of drug-likeness (QED) is 0.893. The molecule has 0 bridgehead atoms. The predicted molar refractivity (Wildman–Crippen MR) is 93.6 cm³/mol. The van der Waals surface area contributed by atoms with E-state index < -0.39 is 0 Å². The number of furan rings is 1. The van der Waals surface area contributed by atoms with Crippen molar-refractivity contribution in [1.82, 2.24) is 15.2 Å². The van der Waals surface area contributed by atoms with E-state index in [0.717, 1.165) is 26.2 Å². The van der Waals surface area contributed by atoms with E-state index in [9.17, 15) is 4.79 Å². The Morgan fingerprint density at radius 2 is 2.04 bits per heavy atom. The van der Waals surface area contributed by atoms with Gasteiger partial charge in [0.1, 0.15) is 5.76 Å². The highest BCUT2D eigenvalue weighted by molar-refractivity contribution is 5.85. The summed E-state index contributed by atoms with van der Waals surface area (Å²) in [6.07, 6.45) is 1.87. The largest absolute Gasteiger partial charge is 0.459 e. The number of nitrogens with zero attached hydrogens (tertiary/aromatic N) is 2. The molecule has 1 N–H and O–H groups in total. The first-order chi connectivity index (χ1) is 10.7. The molecule has 0 spiro atoms. The van der Waals surface area contributed by atoms with Gasteiger partial charge in [-0.2, -0.15) is 0 Å². The first kappa shape index (κ1) is 18.8. The molecule has 2 fully saturated rings. The number of rotatable bonds is 3.